The number of aromatic nitrogens is 1. The number of hydrogen-bond donors (Lipinski definition) is 0. The van der Waals surface area contributed by atoms with Crippen molar-refractivity contribution in [3.8, 4) is 11.5 Å². The third-order valence-electron chi connectivity index (χ3n) is 3.94. The number of benzene rings is 2. The number of hydrogen-bond acceptors (Lipinski definition) is 6. The highest BCUT2D eigenvalue weighted by molar-refractivity contribution is 8.05. The van der Waals surface area contributed by atoms with Crippen LogP contribution in [0.3, 0.4) is 0 Å². The second-order valence-corrected chi connectivity index (χ2v) is 8.46. The summed E-state index contributed by atoms with van der Waals surface area (Å²) in [6.07, 6.45) is 1.66. The highest BCUT2D eigenvalue weighted by Crippen LogP contribution is 2.36. The molecule has 0 aliphatic rings. The molecule has 28 heavy (non-hydrogen) atoms. The van der Waals surface area contributed by atoms with Gasteiger partial charge in [-0.05, 0) is 53.4 Å². The molecule has 0 fully saturated rings. The summed E-state index contributed by atoms with van der Waals surface area (Å²) in [4.78, 5) is 4.62. The van der Waals surface area contributed by atoms with Crippen molar-refractivity contribution in [3.05, 3.63) is 83.9 Å². The zero-order valence-electron chi connectivity index (χ0n) is 15.4. The third kappa shape index (κ3) is 4.37. The SMILES string of the molecule is COc1ccc(/C(=C\Sc2ccccn2)S(=O)(=O)c2ccccc2)cc1OC. The molecule has 0 atom stereocenters. The van der Waals surface area contributed by atoms with E-state index in [0.717, 1.165) is 0 Å². The summed E-state index contributed by atoms with van der Waals surface area (Å²) in [5.74, 6) is 0.983. The lowest BCUT2D eigenvalue weighted by Gasteiger charge is -2.13. The van der Waals surface area contributed by atoms with Gasteiger partial charge in [-0.2, -0.15) is 0 Å². The summed E-state index contributed by atoms with van der Waals surface area (Å²) in [5.41, 5.74) is 0.505. The Morgan fingerprint density at radius 1 is 0.929 bits per heavy atom. The molecule has 0 bridgehead atoms. The summed E-state index contributed by atoms with van der Waals surface area (Å²) in [7, 11) is -0.706. The molecule has 5 nitrogen and oxygen atoms in total. The van der Waals surface area contributed by atoms with Crippen LogP contribution in [-0.2, 0) is 9.84 Å². The van der Waals surface area contributed by atoms with Crippen molar-refractivity contribution in [1.29, 1.82) is 0 Å². The van der Waals surface area contributed by atoms with Gasteiger partial charge < -0.3 is 9.47 Å². The minimum Gasteiger partial charge on any atom is -0.493 e. The Bertz CT molecular complexity index is 1070. The van der Waals surface area contributed by atoms with Gasteiger partial charge in [0.2, 0.25) is 9.84 Å². The molecule has 0 saturated heterocycles. The van der Waals surface area contributed by atoms with Crippen molar-refractivity contribution in [2.24, 2.45) is 0 Å². The number of pyridine rings is 1. The van der Waals surface area contributed by atoms with Crippen LogP contribution in [-0.4, -0.2) is 27.6 Å². The standard InChI is InChI=1S/C21H19NO4S2/c1-25-18-12-11-16(14-19(18)26-2)20(15-27-21-10-6-7-13-22-21)28(23,24)17-8-4-3-5-9-17/h3-15H,1-2H3/b20-15+. The van der Waals surface area contributed by atoms with E-state index in [2.05, 4.69) is 4.98 Å². The van der Waals surface area contributed by atoms with Crippen molar-refractivity contribution >= 4 is 26.5 Å². The van der Waals surface area contributed by atoms with E-state index in [-0.39, 0.29) is 9.80 Å². The Hall–Kier alpha value is -2.77. The fraction of sp³-hybridized carbons (Fsp3) is 0.0952. The minimum atomic E-state index is -3.75. The zero-order chi connectivity index (χ0) is 20.0. The number of methoxy groups -OCH3 is 2. The Morgan fingerprint density at radius 3 is 2.29 bits per heavy atom. The number of sulfone groups is 1. The quantitative estimate of drug-likeness (QED) is 0.525. The normalized spacial score (nSPS) is 11.9. The van der Waals surface area contributed by atoms with E-state index in [1.54, 1.807) is 60.1 Å². The first kappa shape index (κ1) is 20.0. The maximum atomic E-state index is 13.3. The van der Waals surface area contributed by atoms with Crippen LogP contribution >= 0.6 is 11.8 Å². The van der Waals surface area contributed by atoms with Gasteiger partial charge in [-0.15, -0.1) is 0 Å². The van der Waals surface area contributed by atoms with E-state index in [1.165, 1.54) is 26.0 Å². The van der Waals surface area contributed by atoms with Gasteiger partial charge in [-0.25, -0.2) is 13.4 Å². The lowest BCUT2D eigenvalue weighted by Crippen LogP contribution is -2.04. The number of thioether (sulfide) groups is 1. The van der Waals surface area contributed by atoms with Gasteiger partial charge in [0.1, 0.15) is 5.03 Å². The van der Waals surface area contributed by atoms with Crippen LogP contribution in [0, 0.1) is 0 Å². The van der Waals surface area contributed by atoms with E-state index in [0.29, 0.717) is 22.1 Å². The Morgan fingerprint density at radius 2 is 1.64 bits per heavy atom. The summed E-state index contributed by atoms with van der Waals surface area (Å²) in [5, 5.41) is 2.30. The lowest BCUT2D eigenvalue weighted by molar-refractivity contribution is 0.355. The summed E-state index contributed by atoms with van der Waals surface area (Å²) >= 11 is 1.24. The van der Waals surface area contributed by atoms with Gasteiger partial charge in [0.25, 0.3) is 0 Å². The van der Waals surface area contributed by atoms with Gasteiger partial charge >= 0.3 is 0 Å². The molecule has 0 radical (unpaired) electrons. The van der Waals surface area contributed by atoms with E-state index < -0.39 is 9.84 Å². The summed E-state index contributed by atoms with van der Waals surface area (Å²) in [6.45, 7) is 0. The van der Waals surface area contributed by atoms with E-state index >= 15 is 0 Å². The Labute approximate surface area is 169 Å². The molecule has 0 aliphatic carbocycles. The molecular formula is C21H19NO4S2. The van der Waals surface area contributed by atoms with Crippen LogP contribution in [0.2, 0.25) is 0 Å². The lowest BCUT2D eigenvalue weighted by atomic mass is 10.2. The number of ether oxygens (including phenoxy) is 2. The second-order valence-electron chi connectivity index (χ2n) is 5.65. The second kappa shape index (κ2) is 8.95. The maximum absolute atomic E-state index is 13.3. The molecule has 1 heterocycles. The largest absolute Gasteiger partial charge is 0.493 e. The van der Waals surface area contributed by atoms with Crippen molar-refractivity contribution in [2.75, 3.05) is 14.2 Å². The first-order chi connectivity index (χ1) is 13.6. The van der Waals surface area contributed by atoms with E-state index in [9.17, 15) is 8.42 Å². The average molecular weight is 414 g/mol. The molecular weight excluding hydrogens is 394 g/mol. The van der Waals surface area contributed by atoms with Crippen LogP contribution in [0.5, 0.6) is 11.5 Å². The fourth-order valence-corrected chi connectivity index (χ4v) is 5.03. The van der Waals surface area contributed by atoms with E-state index in [4.69, 9.17) is 9.47 Å². The van der Waals surface area contributed by atoms with Crippen molar-refractivity contribution < 1.29 is 17.9 Å². The molecule has 0 N–H and O–H groups in total. The molecule has 3 aromatic rings. The van der Waals surface area contributed by atoms with Crippen LogP contribution in [0.4, 0.5) is 0 Å². The van der Waals surface area contributed by atoms with Crippen LogP contribution in [0.25, 0.3) is 4.91 Å². The predicted octanol–water partition coefficient (Wildman–Crippen LogP) is 4.66. The van der Waals surface area contributed by atoms with Gasteiger partial charge in [0.05, 0.1) is 24.0 Å². The molecule has 2 aromatic carbocycles. The maximum Gasteiger partial charge on any atom is 0.207 e. The molecule has 144 valence electrons. The smallest absolute Gasteiger partial charge is 0.207 e. The first-order valence-corrected chi connectivity index (χ1v) is 10.7. The number of rotatable bonds is 7. The Balaban J connectivity index is 2.12. The molecule has 0 saturated carbocycles. The molecule has 0 amide bonds. The van der Waals surface area contributed by atoms with Crippen LogP contribution in [0.1, 0.15) is 5.56 Å². The monoisotopic (exact) mass is 413 g/mol. The fourth-order valence-electron chi connectivity index (χ4n) is 2.53. The predicted molar refractivity (Wildman–Crippen MR) is 111 cm³/mol. The van der Waals surface area contributed by atoms with E-state index in [1.807, 2.05) is 18.2 Å². The van der Waals surface area contributed by atoms with Gasteiger partial charge in [0, 0.05) is 6.20 Å². The average Bonchev–Trinajstić information content (AvgIpc) is 2.75. The summed E-state index contributed by atoms with van der Waals surface area (Å²) in [6, 6.07) is 18.9. The molecule has 0 unspecified atom stereocenters. The van der Waals surface area contributed by atoms with Crippen molar-refractivity contribution in [2.45, 2.75) is 9.92 Å². The topological polar surface area (TPSA) is 65.5 Å². The van der Waals surface area contributed by atoms with Crippen molar-refractivity contribution in [1.82, 2.24) is 4.98 Å². The molecule has 1 aromatic heterocycles. The molecule has 0 aliphatic heterocycles. The van der Waals surface area contributed by atoms with Crippen LogP contribution < -0.4 is 9.47 Å². The minimum absolute atomic E-state index is 0.162. The van der Waals surface area contributed by atoms with Crippen molar-refractivity contribution in [3.63, 3.8) is 0 Å². The van der Waals surface area contributed by atoms with Gasteiger partial charge in [-0.1, -0.05) is 36.0 Å². The van der Waals surface area contributed by atoms with Gasteiger partial charge in [0.15, 0.2) is 11.5 Å². The highest BCUT2D eigenvalue weighted by atomic mass is 32.2. The summed E-state index contributed by atoms with van der Waals surface area (Å²) < 4.78 is 37.3. The number of nitrogens with zero attached hydrogens (tertiary/aromatic N) is 1. The highest BCUT2D eigenvalue weighted by Gasteiger charge is 2.23. The zero-order valence-corrected chi connectivity index (χ0v) is 17.0. The first-order valence-electron chi connectivity index (χ1n) is 8.36. The molecule has 7 heteroatoms. The third-order valence-corrected chi connectivity index (χ3v) is 6.75. The van der Waals surface area contributed by atoms with Crippen LogP contribution in [0.15, 0.2) is 88.3 Å². The Kier molecular flexibility index (Phi) is 6.38. The molecule has 0 spiro atoms. The van der Waals surface area contributed by atoms with Gasteiger partial charge in [-0.3, -0.25) is 0 Å². The molecule has 3 rings (SSSR count).